The lowest BCUT2D eigenvalue weighted by molar-refractivity contribution is -0.114. The summed E-state index contributed by atoms with van der Waals surface area (Å²) in [7, 11) is 0. The van der Waals surface area contributed by atoms with Crippen molar-refractivity contribution in [3.8, 4) is 11.6 Å². The van der Waals surface area contributed by atoms with Crippen LogP contribution in [0.5, 0.6) is 5.88 Å². The van der Waals surface area contributed by atoms with Gasteiger partial charge in [0.2, 0.25) is 11.8 Å². The van der Waals surface area contributed by atoms with Crippen molar-refractivity contribution >= 4 is 23.5 Å². The molecule has 1 aromatic heterocycles. The van der Waals surface area contributed by atoms with Crippen molar-refractivity contribution in [2.24, 2.45) is 4.99 Å². The quantitative estimate of drug-likeness (QED) is 0.604. The first kappa shape index (κ1) is 18.8. The minimum atomic E-state index is -0.747. The summed E-state index contributed by atoms with van der Waals surface area (Å²) in [6.45, 7) is 3.30. The zero-order valence-corrected chi connectivity index (χ0v) is 15.3. The number of anilines is 1. The Morgan fingerprint density at radius 2 is 1.75 bits per heavy atom. The highest BCUT2D eigenvalue weighted by Gasteiger charge is 2.14. The molecule has 0 unspecified atom stereocenters. The second-order valence-electron chi connectivity index (χ2n) is 6.15. The van der Waals surface area contributed by atoms with E-state index in [1.165, 1.54) is 13.1 Å². The number of carbonyl (C=O) groups excluding carboxylic acids is 1. The number of rotatable bonds is 4. The summed E-state index contributed by atoms with van der Waals surface area (Å²) in [5, 5.41) is 13.1. The molecule has 0 spiro atoms. The van der Waals surface area contributed by atoms with E-state index in [-0.39, 0.29) is 11.5 Å². The van der Waals surface area contributed by atoms with Crippen molar-refractivity contribution in [3.63, 3.8) is 0 Å². The standard InChI is InChI=1S/C20H18N4O4/c1-12-3-9-16(10-4-12)24-19(27)17(18(26)23-20(24)28)11-21-14-5-7-15(8-6-14)22-13(2)25/h3-11,27H,1-2H3,(H,22,25)(H,23,26,28). The van der Waals surface area contributed by atoms with Crippen LogP contribution in [0.1, 0.15) is 18.1 Å². The molecule has 8 heteroatoms. The molecule has 0 atom stereocenters. The minimum absolute atomic E-state index is 0.147. The lowest BCUT2D eigenvalue weighted by atomic mass is 10.2. The first-order chi connectivity index (χ1) is 13.3. The van der Waals surface area contributed by atoms with Crippen LogP contribution in [0.25, 0.3) is 5.69 Å². The second-order valence-corrected chi connectivity index (χ2v) is 6.15. The number of aliphatic imine (C=N–C) groups is 1. The lowest BCUT2D eigenvalue weighted by Gasteiger charge is -2.09. The van der Waals surface area contributed by atoms with E-state index < -0.39 is 17.1 Å². The molecule has 1 amide bonds. The highest BCUT2D eigenvalue weighted by molar-refractivity contribution is 5.89. The summed E-state index contributed by atoms with van der Waals surface area (Å²) < 4.78 is 1.00. The van der Waals surface area contributed by atoms with Gasteiger partial charge in [-0.05, 0) is 43.3 Å². The molecule has 0 aliphatic carbocycles. The molecule has 0 aliphatic rings. The molecule has 0 fully saturated rings. The maximum absolute atomic E-state index is 12.2. The van der Waals surface area contributed by atoms with Gasteiger partial charge < -0.3 is 10.4 Å². The first-order valence-corrected chi connectivity index (χ1v) is 8.42. The topological polar surface area (TPSA) is 117 Å². The largest absolute Gasteiger partial charge is 0.493 e. The molecule has 1 heterocycles. The van der Waals surface area contributed by atoms with E-state index in [1.54, 1.807) is 48.5 Å². The van der Waals surface area contributed by atoms with Gasteiger partial charge >= 0.3 is 5.69 Å². The number of aromatic hydroxyl groups is 1. The van der Waals surface area contributed by atoms with Gasteiger partial charge in [-0.3, -0.25) is 19.6 Å². The van der Waals surface area contributed by atoms with Gasteiger partial charge in [0.15, 0.2) is 0 Å². The number of aryl methyl sites for hydroxylation is 1. The van der Waals surface area contributed by atoms with Crippen molar-refractivity contribution in [1.82, 2.24) is 9.55 Å². The molecule has 0 bridgehead atoms. The molecule has 3 aromatic rings. The number of hydrogen-bond donors (Lipinski definition) is 3. The lowest BCUT2D eigenvalue weighted by Crippen LogP contribution is -2.31. The summed E-state index contributed by atoms with van der Waals surface area (Å²) in [4.78, 5) is 41.7. The number of amides is 1. The van der Waals surface area contributed by atoms with Crippen LogP contribution in [-0.4, -0.2) is 26.8 Å². The highest BCUT2D eigenvalue weighted by Crippen LogP contribution is 2.19. The molecule has 2 aromatic carbocycles. The Bertz CT molecular complexity index is 1160. The molecule has 3 rings (SSSR count). The van der Waals surface area contributed by atoms with Crippen LogP contribution in [0.15, 0.2) is 63.1 Å². The fourth-order valence-corrected chi connectivity index (χ4v) is 2.56. The van der Waals surface area contributed by atoms with Crippen LogP contribution < -0.4 is 16.6 Å². The van der Waals surface area contributed by atoms with E-state index in [9.17, 15) is 19.5 Å². The summed E-state index contributed by atoms with van der Waals surface area (Å²) in [6, 6.07) is 13.5. The van der Waals surface area contributed by atoms with Crippen LogP contribution in [0.2, 0.25) is 0 Å². The number of aromatic amines is 1. The fraction of sp³-hybridized carbons (Fsp3) is 0.100. The Labute approximate surface area is 159 Å². The highest BCUT2D eigenvalue weighted by atomic mass is 16.3. The number of hydrogen-bond acceptors (Lipinski definition) is 5. The minimum Gasteiger partial charge on any atom is -0.493 e. The van der Waals surface area contributed by atoms with E-state index in [0.29, 0.717) is 17.1 Å². The van der Waals surface area contributed by atoms with Crippen molar-refractivity contribution in [2.75, 3.05) is 5.32 Å². The van der Waals surface area contributed by atoms with Gasteiger partial charge in [0.25, 0.3) is 5.56 Å². The van der Waals surface area contributed by atoms with Gasteiger partial charge in [-0.2, -0.15) is 0 Å². The molecule has 8 nitrogen and oxygen atoms in total. The average molecular weight is 378 g/mol. The number of carbonyl (C=O) groups is 1. The van der Waals surface area contributed by atoms with Crippen LogP contribution in [-0.2, 0) is 4.79 Å². The first-order valence-electron chi connectivity index (χ1n) is 8.42. The summed E-state index contributed by atoms with van der Waals surface area (Å²) in [5.41, 5.74) is 0.878. The Morgan fingerprint density at radius 3 is 2.36 bits per heavy atom. The SMILES string of the molecule is CC(=O)Nc1ccc(N=Cc2c(O)n(-c3ccc(C)cc3)c(=O)[nH]c2=O)cc1. The Balaban J connectivity index is 1.98. The zero-order valence-electron chi connectivity index (χ0n) is 15.3. The van der Waals surface area contributed by atoms with Crippen molar-refractivity contribution < 1.29 is 9.90 Å². The molecular formula is C20H18N4O4. The third kappa shape index (κ3) is 4.07. The number of nitrogens with one attached hydrogen (secondary N) is 2. The molecule has 0 radical (unpaired) electrons. The van der Waals surface area contributed by atoms with Crippen LogP contribution in [0.4, 0.5) is 11.4 Å². The van der Waals surface area contributed by atoms with E-state index in [4.69, 9.17) is 0 Å². The van der Waals surface area contributed by atoms with Crippen LogP contribution in [0.3, 0.4) is 0 Å². The predicted octanol–water partition coefficient (Wildman–Crippen LogP) is 2.25. The van der Waals surface area contributed by atoms with Gasteiger partial charge in [0.05, 0.1) is 11.4 Å². The molecular weight excluding hydrogens is 360 g/mol. The van der Waals surface area contributed by atoms with Gasteiger partial charge in [-0.15, -0.1) is 0 Å². The number of nitrogens with zero attached hydrogens (tertiary/aromatic N) is 2. The maximum Gasteiger partial charge on any atom is 0.335 e. The molecule has 0 saturated carbocycles. The molecule has 0 saturated heterocycles. The van der Waals surface area contributed by atoms with E-state index in [1.807, 2.05) is 6.92 Å². The second kappa shape index (κ2) is 7.75. The monoisotopic (exact) mass is 378 g/mol. The van der Waals surface area contributed by atoms with Gasteiger partial charge in [0, 0.05) is 18.8 Å². The van der Waals surface area contributed by atoms with Gasteiger partial charge in [-0.1, -0.05) is 17.7 Å². The Morgan fingerprint density at radius 1 is 1.11 bits per heavy atom. The molecule has 0 aliphatic heterocycles. The summed E-state index contributed by atoms with van der Waals surface area (Å²) >= 11 is 0. The molecule has 142 valence electrons. The van der Waals surface area contributed by atoms with Crippen LogP contribution in [0, 0.1) is 6.92 Å². The number of benzene rings is 2. The molecule has 28 heavy (non-hydrogen) atoms. The third-order valence-electron chi connectivity index (χ3n) is 3.94. The van der Waals surface area contributed by atoms with Crippen molar-refractivity contribution in [1.29, 1.82) is 0 Å². The van der Waals surface area contributed by atoms with Gasteiger partial charge in [0.1, 0.15) is 5.56 Å². The Kier molecular flexibility index (Phi) is 5.21. The average Bonchev–Trinajstić information content (AvgIpc) is 2.63. The molecule has 3 N–H and O–H groups in total. The Hall–Kier alpha value is -3.94. The smallest absolute Gasteiger partial charge is 0.335 e. The van der Waals surface area contributed by atoms with Crippen molar-refractivity contribution in [3.05, 3.63) is 80.5 Å². The fourth-order valence-electron chi connectivity index (χ4n) is 2.56. The summed E-state index contributed by atoms with van der Waals surface area (Å²) in [5.74, 6) is -0.692. The zero-order chi connectivity index (χ0) is 20.3. The van der Waals surface area contributed by atoms with E-state index >= 15 is 0 Å². The third-order valence-corrected chi connectivity index (χ3v) is 3.94. The van der Waals surface area contributed by atoms with Crippen LogP contribution >= 0.6 is 0 Å². The predicted molar refractivity (Wildman–Crippen MR) is 107 cm³/mol. The van der Waals surface area contributed by atoms with Gasteiger partial charge in [-0.25, -0.2) is 9.36 Å². The van der Waals surface area contributed by atoms with Crippen molar-refractivity contribution in [2.45, 2.75) is 13.8 Å². The van der Waals surface area contributed by atoms with E-state index in [0.717, 1.165) is 10.1 Å². The number of H-pyrrole nitrogens is 1. The maximum atomic E-state index is 12.2. The normalized spacial score (nSPS) is 10.9. The summed E-state index contributed by atoms with van der Waals surface area (Å²) in [6.07, 6.45) is 1.19. The number of aromatic nitrogens is 2. The van der Waals surface area contributed by atoms with E-state index in [2.05, 4.69) is 15.3 Å².